The minimum Gasteiger partial charge on any atom is -0.465 e. The molecule has 3 nitrogen and oxygen atoms in total. The average molecular weight is 293 g/mol. The zero-order valence-electron chi connectivity index (χ0n) is 13.7. The van der Waals surface area contributed by atoms with Gasteiger partial charge in [-0.05, 0) is 13.3 Å². The van der Waals surface area contributed by atoms with Crippen molar-refractivity contribution in [1.29, 1.82) is 0 Å². The first kappa shape index (κ1) is 22.4. The van der Waals surface area contributed by atoms with Crippen molar-refractivity contribution in [2.75, 3.05) is 6.61 Å². The first-order valence-electron chi connectivity index (χ1n) is 7.82. The van der Waals surface area contributed by atoms with Gasteiger partial charge in [-0.15, -0.1) is 0 Å². The van der Waals surface area contributed by atoms with Crippen LogP contribution in [0.25, 0.3) is 0 Å². The van der Waals surface area contributed by atoms with Gasteiger partial charge in [-0.25, -0.2) is 0 Å². The van der Waals surface area contributed by atoms with E-state index in [2.05, 4.69) is 6.92 Å². The summed E-state index contributed by atoms with van der Waals surface area (Å²) >= 11 is 0. The quantitative estimate of drug-likeness (QED) is 0.223. The Balaban J connectivity index is 0. The molecule has 0 aromatic carbocycles. The van der Waals surface area contributed by atoms with Crippen LogP contribution in [0.15, 0.2) is 0 Å². The maximum Gasteiger partial charge on any atom is 0.313 e. The molecule has 0 aromatic heterocycles. The fourth-order valence-electron chi connectivity index (χ4n) is 2.03. The zero-order valence-corrected chi connectivity index (χ0v) is 15.7. The van der Waals surface area contributed by atoms with E-state index in [4.69, 9.17) is 4.74 Å². The summed E-state index contributed by atoms with van der Waals surface area (Å²) in [6, 6.07) is 0. The van der Waals surface area contributed by atoms with Crippen LogP contribution in [-0.2, 0) is 14.3 Å². The molecule has 0 saturated heterocycles. The Morgan fingerprint density at radius 2 is 1.25 bits per heavy atom. The van der Waals surface area contributed by atoms with Gasteiger partial charge in [0.05, 0.1) is 6.61 Å². The number of Topliss-reactive ketones (excluding diaryl/α,β-unsaturated/α-hetero) is 1. The molecule has 4 heteroatoms. The van der Waals surface area contributed by atoms with E-state index in [-0.39, 0.29) is 47.7 Å². The molecular weight excluding hydrogens is 263 g/mol. The Bertz CT molecular complexity index is 242. The summed E-state index contributed by atoms with van der Waals surface area (Å²) < 4.78 is 4.97. The Kier molecular flexibility index (Phi) is 19.3. The number of hydrogen-bond acceptors (Lipinski definition) is 3. The maximum absolute atomic E-state index is 11.1. The second-order valence-corrected chi connectivity index (χ2v) is 5.28. The fourth-order valence-corrected chi connectivity index (χ4v) is 2.03. The van der Waals surface area contributed by atoms with Crippen molar-refractivity contribution >= 4 is 41.3 Å². The molecule has 0 aliphatic heterocycles. The van der Waals surface area contributed by atoms with E-state index in [1.54, 1.807) is 0 Å². The molecular formula is C16H30NaO3. The van der Waals surface area contributed by atoms with Gasteiger partial charge >= 0.3 is 5.97 Å². The average Bonchev–Trinajstić information content (AvgIpc) is 2.35. The van der Waals surface area contributed by atoms with Crippen LogP contribution < -0.4 is 0 Å². The van der Waals surface area contributed by atoms with Gasteiger partial charge in [-0.2, -0.15) is 0 Å². The van der Waals surface area contributed by atoms with Crippen molar-refractivity contribution in [2.24, 2.45) is 0 Å². The molecule has 0 amide bonds. The molecule has 0 heterocycles. The van der Waals surface area contributed by atoms with Crippen molar-refractivity contribution in [1.82, 2.24) is 0 Å². The van der Waals surface area contributed by atoms with Gasteiger partial charge in [-0.3, -0.25) is 9.59 Å². The summed E-state index contributed by atoms with van der Waals surface area (Å²) in [7, 11) is 0. The monoisotopic (exact) mass is 293 g/mol. The van der Waals surface area contributed by atoms with Crippen molar-refractivity contribution in [3.63, 3.8) is 0 Å². The van der Waals surface area contributed by atoms with Gasteiger partial charge in [-0.1, -0.05) is 64.7 Å². The number of carbonyl (C=O) groups excluding carboxylic acids is 2. The SMILES string of the molecule is CCCCCCCCCCCCOC(=O)CC(C)=O.[Na]. The molecule has 0 aliphatic rings. The number of hydrogen-bond donors (Lipinski definition) is 0. The first-order chi connectivity index (χ1) is 9.16. The van der Waals surface area contributed by atoms with Crippen LogP contribution in [0.4, 0.5) is 0 Å². The summed E-state index contributed by atoms with van der Waals surface area (Å²) in [6.07, 6.45) is 12.6. The summed E-state index contributed by atoms with van der Waals surface area (Å²) in [5.41, 5.74) is 0. The fraction of sp³-hybridized carbons (Fsp3) is 0.875. The topological polar surface area (TPSA) is 43.4 Å². The van der Waals surface area contributed by atoms with Gasteiger partial charge in [0.15, 0.2) is 0 Å². The predicted octanol–water partition coefficient (Wildman–Crippen LogP) is 4.05. The molecule has 0 spiro atoms. The van der Waals surface area contributed by atoms with Crippen LogP contribution in [0.3, 0.4) is 0 Å². The van der Waals surface area contributed by atoms with Crippen molar-refractivity contribution < 1.29 is 14.3 Å². The van der Waals surface area contributed by atoms with Crippen molar-refractivity contribution in [3.8, 4) is 0 Å². The Hall–Kier alpha value is 0.140. The number of unbranched alkanes of at least 4 members (excludes halogenated alkanes) is 9. The van der Waals surface area contributed by atoms with Crippen LogP contribution in [0, 0.1) is 0 Å². The summed E-state index contributed by atoms with van der Waals surface area (Å²) in [4.78, 5) is 21.7. The summed E-state index contributed by atoms with van der Waals surface area (Å²) in [5.74, 6) is -0.517. The molecule has 0 rings (SSSR count). The van der Waals surface area contributed by atoms with Gasteiger partial charge in [0.1, 0.15) is 12.2 Å². The van der Waals surface area contributed by atoms with E-state index < -0.39 is 0 Å². The molecule has 20 heavy (non-hydrogen) atoms. The molecule has 0 atom stereocenters. The Morgan fingerprint density at radius 3 is 1.70 bits per heavy atom. The molecule has 1 radical (unpaired) electrons. The van der Waals surface area contributed by atoms with E-state index in [1.807, 2.05) is 0 Å². The van der Waals surface area contributed by atoms with Crippen LogP contribution in [-0.4, -0.2) is 47.9 Å². The van der Waals surface area contributed by atoms with Gasteiger partial charge in [0.2, 0.25) is 0 Å². The Morgan fingerprint density at radius 1 is 0.800 bits per heavy atom. The minimum atomic E-state index is -0.386. The van der Waals surface area contributed by atoms with Crippen LogP contribution in [0.5, 0.6) is 0 Å². The molecule has 0 N–H and O–H groups in total. The first-order valence-corrected chi connectivity index (χ1v) is 7.82. The second-order valence-electron chi connectivity index (χ2n) is 5.28. The van der Waals surface area contributed by atoms with Gasteiger partial charge in [0, 0.05) is 29.6 Å². The Labute approximate surface area is 146 Å². The number of rotatable bonds is 13. The van der Waals surface area contributed by atoms with E-state index in [9.17, 15) is 9.59 Å². The summed E-state index contributed by atoms with van der Waals surface area (Å²) in [6.45, 7) is 4.10. The smallest absolute Gasteiger partial charge is 0.313 e. The molecule has 0 unspecified atom stereocenters. The molecule has 113 valence electrons. The molecule has 0 saturated carbocycles. The number of carbonyl (C=O) groups is 2. The summed E-state index contributed by atoms with van der Waals surface area (Å²) in [5, 5.41) is 0. The third-order valence-electron chi connectivity index (χ3n) is 3.15. The third-order valence-corrected chi connectivity index (χ3v) is 3.15. The van der Waals surface area contributed by atoms with Crippen LogP contribution >= 0.6 is 0 Å². The molecule has 0 aromatic rings. The number of ether oxygens (including phenoxy) is 1. The molecule has 0 bridgehead atoms. The van der Waals surface area contributed by atoms with Crippen molar-refractivity contribution in [3.05, 3.63) is 0 Å². The predicted molar refractivity (Wildman–Crippen MR) is 83.9 cm³/mol. The second kappa shape index (κ2) is 17.2. The van der Waals surface area contributed by atoms with E-state index in [0.717, 1.165) is 12.8 Å². The normalized spacial score (nSPS) is 9.90. The molecule has 0 aliphatic carbocycles. The van der Waals surface area contributed by atoms with Crippen LogP contribution in [0.1, 0.15) is 84.5 Å². The van der Waals surface area contributed by atoms with Crippen LogP contribution in [0.2, 0.25) is 0 Å². The molecule has 0 fully saturated rings. The largest absolute Gasteiger partial charge is 0.465 e. The van der Waals surface area contributed by atoms with Crippen molar-refractivity contribution in [2.45, 2.75) is 84.5 Å². The van der Waals surface area contributed by atoms with E-state index in [0.29, 0.717) is 6.61 Å². The zero-order chi connectivity index (χ0) is 14.3. The third kappa shape index (κ3) is 18.1. The van der Waals surface area contributed by atoms with E-state index >= 15 is 0 Å². The maximum atomic E-state index is 11.1. The minimum absolute atomic E-state index is 0. The van der Waals surface area contributed by atoms with Gasteiger partial charge in [0.25, 0.3) is 0 Å². The van der Waals surface area contributed by atoms with E-state index in [1.165, 1.54) is 58.3 Å². The number of ketones is 1. The van der Waals surface area contributed by atoms with Gasteiger partial charge < -0.3 is 4.74 Å². The number of esters is 1. The standard InChI is InChI=1S/C16H30O3.Na/c1-3-4-5-6-7-8-9-10-11-12-13-19-16(18)14-15(2)17;/h3-14H2,1-2H3;.